The lowest BCUT2D eigenvalue weighted by Crippen LogP contribution is -2.32. The van der Waals surface area contributed by atoms with Crippen molar-refractivity contribution < 1.29 is 0 Å². The highest BCUT2D eigenvalue weighted by Gasteiger charge is 2.46. The fourth-order valence-corrected chi connectivity index (χ4v) is 10.0. The maximum Gasteiger partial charge on any atom is 0.0714 e. The van der Waals surface area contributed by atoms with E-state index in [4.69, 9.17) is 0 Å². The van der Waals surface area contributed by atoms with Crippen LogP contribution in [0.5, 0.6) is 0 Å². The third kappa shape index (κ3) is 4.85. The molecule has 0 heterocycles. The maximum atomic E-state index is 3.59. The molecule has 0 amide bonds. The van der Waals surface area contributed by atoms with E-state index in [2.05, 4.69) is 195 Å². The van der Waals surface area contributed by atoms with Gasteiger partial charge in [-0.3, -0.25) is 0 Å². The summed E-state index contributed by atoms with van der Waals surface area (Å²) in [5.74, 6) is 0.523. The molecule has 4 aliphatic carbocycles. The van der Waals surface area contributed by atoms with E-state index in [0.29, 0.717) is 5.92 Å². The lowest BCUT2D eigenvalue weighted by Gasteiger charge is -2.40. The van der Waals surface area contributed by atoms with Gasteiger partial charge in [0.1, 0.15) is 0 Å². The van der Waals surface area contributed by atoms with Gasteiger partial charge in [0, 0.05) is 23.2 Å². The van der Waals surface area contributed by atoms with Crippen LogP contribution in [0.15, 0.2) is 186 Å². The van der Waals surface area contributed by atoms with Gasteiger partial charge in [-0.1, -0.05) is 153 Å². The third-order valence-electron chi connectivity index (χ3n) is 12.9. The van der Waals surface area contributed by atoms with Gasteiger partial charge in [0.2, 0.25) is 0 Å². The van der Waals surface area contributed by atoms with Crippen LogP contribution in [0.25, 0.3) is 21.9 Å². The monoisotopic (exact) mass is 695 g/mol. The smallest absolute Gasteiger partial charge is 0.0714 e. The van der Waals surface area contributed by atoms with Crippen molar-refractivity contribution in [1.82, 2.24) is 0 Å². The molecule has 0 aliphatic heterocycles. The minimum atomic E-state index is -0.472. The minimum absolute atomic E-state index is 0.00838. The summed E-state index contributed by atoms with van der Waals surface area (Å²) in [5.41, 5.74) is 20.3. The van der Waals surface area contributed by atoms with Crippen LogP contribution in [-0.2, 0) is 10.8 Å². The van der Waals surface area contributed by atoms with E-state index in [9.17, 15) is 0 Å². The van der Waals surface area contributed by atoms with Gasteiger partial charge in [-0.05, 0) is 123 Å². The van der Waals surface area contributed by atoms with Crippen molar-refractivity contribution in [3.05, 3.63) is 220 Å². The van der Waals surface area contributed by atoms with E-state index in [-0.39, 0.29) is 5.41 Å². The Morgan fingerprint density at radius 2 is 1.41 bits per heavy atom. The van der Waals surface area contributed by atoms with Crippen LogP contribution in [0.3, 0.4) is 0 Å². The number of hydrogen-bond acceptors (Lipinski definition) is 1. The molecule has 0 saturated heterocycles. The van der Waals surface area contributed by atoms with Gasteiger partial charge in [-0.25, -0.2) is 0 Å². The highest BCUT2D eigenvalue weighted by Crippen LogP contribution is 2.58. The molecular weight excluding hydrogens is 651 g/mol. The van der Waals surface area contributed by atoms with Crippen LogP contribution >= 0.6 is 0 Å². The molecule has 54 heavy (non-hydrogen) atoms. The number of allylic oxidation sites excluding steroid dienone is 6. The number of anilines is 2. The Labute approximate surface area is 320 Å². The largest absolute Gasteiger partial charge is 0.313 e. The Balaban J connectivity index is 1.25. The summed E-state index contributed by atoms with van der Waals surface area (Å²) in [4.78, 5) is 2.63. The fraction of sp³-hybridized carbons (Fsp3) is 0.189. The highest BCUT2D eigenvalue weighted by atomic mass is 15.2. The molecular formula is C53H45N. The molecule has 0 saturated carbocycles. The van der Waals surface area contributed by atoms with Crippen LogP contribution in [0.1, 0.15) is 72.9 Å². The molecule has 0 N–H and O–H groups in total. The van der Waals surface area contributed by atoms with E-state index in [1.165, 1.54) is 83.5 Å². The maximum absolute atomic E-state index is 3.59. The van der Waals surface area contributed by atoms with Gasteiger partial charge in [0.25, 0.3) is 0 Å². The van der Waals surface area contributed by atoms with Crippen molar-refractivity contribution in [3.63, 3.8) is 0 Å². The molecule has 0 bridgehead atoms. The van der Waals surface area contributed by atoms with Gasteiger partial charge >= 0.3 is 0 Å². The summed E-state index contributed by atoms with van der Waals surface area (Å²) in [6.45, 7) is 7.27. The average molecular weight is 696 g/mol. The van der Waals surface area contributed by atoms with Gasteiger partial charge in [-0.15, -0.1) is 5.73 Å². The van der Waals surface area contributed by atoms with Crippen LogP contribution in [-0.4, -0.2) is 0 Å². The summed E-state index contributed by atoms with van der Waals surface area (Å²) < 4.78 is 0. The van der Waals surface area contributed by atoms with Gasteiger partial charge in [0.15, 0.2) is 0 Å². The van der Waals surface area contributed by atoms with Crippen molar-refractivity contribution in [3.8, 4) is 11.1 Å². The third-order valence-corrected chi connectivity index (χ3v) is 12.9. The van der Waals surface area contributed by atoms with Crippen molar-refractivity contribution in [2.24, 2.45) is 5.92 Å². The predicted molar refractivity (Wildman–Crippen MR) is 226 cm³/mol. The quantitative estimate of drug-likeness (QED) is 0.113. The van der Waals surface area contributed by atoms with Crippen LogP contribution in [0.4, 0.5) is 11.4 Å². The Kier molecular flexibility index (Phi) is 7.65. The standard InChI is InChI=1S/C53H45N/c1-36-49(52(2,3)40-24-16-25-40)34-39-19-12-13-26-45(39)51(36)54(43-30-29-38(33-43)37-17-10-11-18-37)44-31-32-47-46-27-14-15-28-48(46)53(50(47)35-44,41-20-6-4-7-21-41)42-22-8-5-9-23-42/h4-10,12-16,19-24,26-32,34-35,40H,11,18,25,33H2,1-3H3. The molecule has 0 aromatic heterocycles. The first-order valence-corrected chi connectivity index (χ1v) is 19.7. The summed E-state index contributed by atoms with van der Waals surface area (Å²) in [6, 6.07) is 50.2. The Hall–Kier alpha value is -5.88. The SMILES string of the molecule is Cc1c(C(C)(C)C2C=CC2)cc2ccccc2c1N(C1=CC=C(C2=C=CCC2)C1)c1ccc2c(c1)C(c1ccccc1)(c1ccccc1)c1ccccc1-2. The average Bonchev–Trinajstić information content (AvgIpc) is 3.95. The first kappa shape index (κ1) is 32.7. The van der Waals surface area contributed by atoms with Crippen molar-refractivity contribution in [1.29, 1.82) is 0 Å². The lowest BCUT2D eigenvalue weighted by atomic mass is 9.66. The fourth-order valence-electron chi connectivity index (χ4n) is 10.0. The number of hydrogen-bond donors (Lipinski definition) is 0. The van der Waals surface area contributed by atoms with E-state index >= 15 is 0 Å². The lowest BCUT2D eigenvalue weighted by molar-refractivity contribution is 0.360. The Morgan fingerprint density at radius 3 is 2.11 bits per heavy atom. The molecule has 1 heteroatoms. The zero-order chi connectivity index (χ0) is 36.4. The van der Waals surface area contributed by atoms with E-state index < -0.39 is 5.41 Å². The summed E-state index contributed by atoms with van der Waals surface area (Å²) in [5, 5.41) is 2.58. The molecule has 262 valence electrons. The topological polar surface area (TPSA) is 3.24 Å². The predicted octanol–water partition coefficient (Wildman–Crippen LogP) is 13.6. The molecule has 1 unspecified atom stereocenters. The number of fused-ring (bicyclic) bond motifs is 4. The molecule has 6 aromatic rings. The van der Waals surface area contributed by atoms with E-state index in [1.54, 1.807) is 0 Å². The van der Waals surface area contributed by atoms with Crippen molar-refractivity contribution in [2.75, 3.05) is 4.90 Å². The summed E-state index contributed by atoms with van der Waals surface area (Å²) in [7, 11) is 0. The number of rotatable bonds is 8. The molecule has 0 radical (unpaired) electrons. The highest BCUT2D eigenvalue weighted by molar-refractivity contribution is 6.01. The molecule has 1 atom stereocenters. The minimum Gasteiger partial charge on any atom is -0.313 e. The molecule has 1 nitrogen and oxygen atoms in total. The Bertz CT molecular complexity index is 2580. The van der Waals surface area contributed by atoms with Gasteiger partial charge < -0.3 is 4.90 Å². The van der Waals surface area contributed by atoms with E-state index in [0.717, 1.165) is 25.7 Å². The first-order valence-electron chi connectivity index (χ1n) is 19.7. The van der Waals surface area contributed by atoms with Crippen molar-refractivity contribution in [2.45, 2.75) is 57.3 Å². The molecule has 10 rings (SSSR count). The summed E-state index contributed by atoms with van der Waals surface area (Å²) >= 11 is 0. The van der Waals surface area contributed by atoms with Crippen molar-refractivity contribution >= 4 is 22.1 Å². The number of nitrogens with zero attached hydrogens (tertiary/aromatic N) is 1. The van der Waals surface area contributed by atoms with Crippen LogP contribution in [0, 0.1) is 12.8 Å². The second-order valence-electron chi connectivity index (χ2n) is 16.1. The van der Waals surface area contributed by atoms with Crippen LogP contribution in [0.2, 0.25) is 0 Å². The second-order valence-corrected chi connectivity index (χ2v) is 16.1. The summed E-state index contributed by atoms with van der Waals surface area (Å²) in [6.07, 6.45) is 15.8. The number of benzene rings is 6. The first-order chi connectivity index (χ1) is 26.5. The zero-order valence-electron chi connectivity index (χ0n) is 31.4. The molecule has 0 fully saturated rings. The molecule has 4 aliphatic rings. The molecule has 6 aromatic carbocycles. The zero-order valence-corrected chi connectivity index (χ0v) is 31.4. The van der Waals surface area contributed by atoms with Gasteiger partial charge in [-0.2, -0.15) is 0 Å². The second kappa shape index (κ2) is 12.6. The van der Waals surface area contributed by atoms with Crippen LogP contribution < -0.4 is 4.90 Å². The normalized spacial score (nSPS) is 17.8. The van der Waals surface area contributed by atoms with Gasteiger partial charge in [0.05, 0.1) is 11.1 Å². The Morgan fingerprint density at radius 1 is 0.722 bits per heavy atom. The van der Waals surface area contributed by atoms with E-state index in [1.807, 2.05) is 0 Å². The molecule has 0 spiro atoms.